The van der Waals surface area contributed by atoms with Gasteiger partial charge in [0.15, 0.2) is 15.8 Å². The van der Waals surface area contributed by atoms with Crippen molar-refractivity contribution in [3.63, 3.8) is 0 Å². The zero-order chi connectivity index (χ0) is 25.4. The molecule has 0 radical (unpaired) electrons. The van der Waals surface area contributed by atoms with Crippen LogP contribution in [0.15, 0.2) is 48.5 Å². The number of carbonyl (C=O) groups is 2. The molecule has 2 aromatic carbocycles. The van der Waals surface area contributed by atoms with E-state index in [9.17, 15) is 32.9 Å². The van der Waals surface area contributed by atoms with Gasteiger partial charge in [0.1, 0.15) is 6.54 Å². The number of alkyl halides is 3. The number of non-ortho nitro benzene ring substituents is 1. The Labute approximate surface area is 188 Å². The van der Waals surface area contributed by atoms with E-state index in [1.807, 2.05) is 6.92 Å². The predicted molar refractivity (Wildman–Crippen MR) is 105 cm³/mol. The number of nitrogens with zero attached hydrogens (tertiary/aromatic N) is 4. The van der Waals surface area contributed by atoms with Crippen molar-refractivity contribution in [1.29, 1.82) is 0 Å². The van der Waals surface area contributed by atoms with E-state index in [4.69, 9.17) is 13.0 Å². The van der Waals surface area contributed by atoms with Gasteiger partial charge in [-0.15, -0.1) is 4.68 Å². The second kappa shape index (κ2) is 8.75. The van der Waals surface area contributed by atoms with E-state index in [1.165, 1.54) is 33.6 Å². The van der Waals surface area contributed by atoms with Crippen LogP contribution in [0.2, 0.25) is 0 Å². The highest BCUT2D eigenvalue weighted by Crippen LogP contribution is 2.27. The van der Waals surface area contributed by atoms with Gasteiger partial charge in [0, 0.05) is 23.3 Å². The molecular formula is C19H13F3N4O7S. The third-order valence-corrected chi connectivity index (χ3v) is 5.19. The minimum absolute atomic E-state index is 0.0640. The Morgan fingerprint density at radius 2 is 1.53 bits per heavy atom. The van der Waals surface area contributed by atoms with Crippen LogP contribution in [0.5, 0.6) is 0 Å². The molecule has 0 atom stereocenters. The van der Waals surface area contributed by atoms with Crippen LogP contribution in [0.25, 0.3) is 5.69 Å². The van der Waals surface area contributed by atoms with Gasteiger partial charge < -0.3 is 4.55 Å². The third-order valence-electron chi connectivity index (χ3n) is 4.63. The monoisotopic (exact) mass is 498 g/mol. The number of hydrogen-bond acceptors (Lipinski definition) is 8. The van der Waals surface area contributed by atoms with Crippen LogP contribution in [-0.2, 0) is 16.7 Å². The molecule has 1 aliphatic carbocycles. The second-order valence-corrected chi connectivity index (χ2v) is 8.06. The third kappa shape index (κ3) is 4.42. The van der Waals surface area contributed by atoms with Gasteiger partial charge in [0.2, 0.25) is 17.3 Å². The number of rotatable bonds is 3. The number of carbonyl (C=O) groups excluding carboxylic acids is 2. The van der Waals surface area contributed by atoms with Crippen LogP contribution in [0.1, 0.15) is 39.0 Å². The summed E-state index contributed by atoms with van der Waals surface area (Å²) >= 11 is 0. The van der Waals surface area contributed by atoms with Crippen molar-refractivity contribution in [2.75, 3.05) is 0 Å². The zero-order valence-corrected chi connectivity index (χ0v) is 17.8. The number of hydrogen-bond donors (Lipinski definition) is 0. The molecule has 1 aromatic heterocycles. The van der Waals surface area contributed by atoms with Gasteiger partial charge in [-0.2, -0.15) is 13.2 Å². The molecule has 4 rings (SSSR count). The summed E-state index contributed by atoms with van der Waals surface area (Å²) in [7, 11) is -6.09. The molecule has 34 heavy (non-hydrogen) atoms. The van der Waals surface area contributed by atoms with Gasteiger partial charge in [0.05, 0.1) is 10.1 Å². The fourth-order valence-corrected chi connectivity index (χ4v) is 3.10. The van der Waals surface area contributed by atoms with Crippen LogP contribution in [0.4, 0.5) is 18.9 Å². The molecule has 0 fully saturated rings. The van der Waals surface area contributed by atoms with Crippen LogP contribution in [0.3, 0.4) is 0 Å². The van der Waals surface area contributed by atoms with E-state index >= 15 is 0 Å². The van der Waals surface area contributed by atoms with Gasteiger partial charge in [-0.25, -0.2) is 8.42 Å². The Morgan fingerprint density at radius 1 is 1.03 bits per heavy atom. The average Bonchev–Trinajstić information content (AvgIpc) is 3.17. The highest BCUT2D eigenvalue weighted by Gasteiger charge is 2.42. The molecule has 0 N–H and O–H groups in total. The van der Waals surface area contributed by atoms with Gasteiger partial charge >= 0.3 is 5.51 Å². The fourth-order valence-electron chi connectivity index (χ4n) is 3.10. The van der Waals surface area contributed by atoms with E-state index in [0.29, 0.717) is 23.4 Å². The van der Waals surface area contributed by atoms with Gasteiger partial charge in [-0.1, -0.05) is 28.9 Å². The Hall–Kier alpha value is -3.98. The first-order chi connectivity index (χ1) is 15.8. The van der Waals surface area contributed by atoms with Crippen molar-refractivity contribution in [1.82, 2.24) is 9.90 Å². The number of nitro groups is 1. The van der Waals surface area contributed by atoms with Gasteiger partial charge in [0.25, 0.3) is 11.4 Å². The van der Waals surface area contributed by atoms with Crippen molar-refractivity contribution >= 4 is 27.4 Å². The van der Waals surface area contributed by atoms with E-state index in [-0.39, 0.29) is 28.6 Å². The molecule has 11 nitrogen and oxygen atoms in total. The van der Waals surface area contributed by atoms with Crippen molar-refractivity contribution in [3.8, 4) is 5.69 Å². The molecular weight excluding hydrogens is 485 g/mol. The van der Waals surface area contributed by atoms with E-state index < -0.39 is 20.5 Å². The lowest BCUT2D eigenvalue weighted by atomic mass is 9.90. The number of fused-ring (bicyclic) bond motifs is 2. The minimum Gasteiger partial charge on any atom is -0.741 e. The largest absolute Gasteiger partial charge is 0.741 e. The maximum absolute atomic E-state index is 13.0. The summed E-state index contributed by atoms with van der Waals surface area (Å²) in [5.74, 6) is -0.557. The van der Waals surface area contributed by atoms with Gasteiger partial charge in [-0.05, 0) is 19.1 Å². The standard InChI is InChI=1S/C18H13N4O4.CHF3O3S/c1-2-20-15-16(18(24)14-6-4-3-5-13(14)17(15)23)21(19-20)11-7-9-12(10-8-11)22(25)26;2-1(3,4)8(5,6)7/h3-10H,2H2,1H3;(H,5,6,7)/q+1;/p-1. The van der Waals surface area contributed by atoms with Crippen LogP contribution in [-0.4, -0.2) is 44.9 Å². The maximum Gasteiger partial charge on any atom is 0.485 e. The summed E-state index contributed by atoms with van der Waals surface area (Å²) in [6.07, 6.45) is 0. The van der Waals surface area contributed by atoms with Crippen molar-refractivity contribution in [2.45, 2.75) is 19.0 Å². The Balaban J connectivity index is 0.000000350. The Morgan fingerprint density at radius 3 is 1.97 bits per heavy atom. The lowest BCUT2D eigenvalue weighted by Gasteiger charge is -2.11. The lowest BCUT2D eigenvalue weighted by Crippen LogP contribution is -2.42. The summed E-state index contributed by atoms with van der Waals surface area (Å²) in [5.41, 5.74) is -4.15. The number of halogens is 3. The molecule has 0 unspecified atom stereocenters. The molecule has 3 aromatic rings. The molecule has 1 heterocycles. The first-order valence-corrected chi connectivity index (χ1v) is 10.7. The number of benzene rings is 2. The second-order valence-electron chi connectivity index (χ2n) is 6.69. The summed E-state index contributed by atoms with van der Waals surface area (Å²) in [6.45, 7) is 2.23. The normalized spacial score (nSPS) is 13.0. The quantitative estimate of drug-likeness (QED) is 0.136. The summed E-state index contributed by atoms with van der Waals surface area (Å²) < 4.78 is 61.8. The molecule has 0 spiro atoms. The van der Waals surface area contributed by atoms with Crippen molar-refractivity contribution < 1.29 is 45.3 Å². The van der Waals surface area contributed by atoms with Crippen molar-refractivity contribution in [2.24, 2.45) is 0 Å². The topological polar surface area (TPSA) is 156 Å². The molecule has 0 amide bonds. The van der Waals surface area contributed by atoms with Crippen molar-refractivity contribution in [3.05, 3.63) is 81.2 Å². The highest BCUT2D eigenvalue weighted by molar-refractivity contribution is 7.86. The Kier molecular flexibility index (Phi) is 6.35. The molecule has 0 bridgehead atoms. The first kappa shape index (κ1) is 24.7. The summed E-state index contributed by atoms with van der Waals surface area (Å²) in [4.78, 5) is 36.3. The number of aryl methyl sites for hydroxylation is 1. The fraction of sp³-hybridized carbons (Fsp3) is 0.158. The minimum atomic E-state index is -6.09. The maximum atomic E-state index is 13.0. The SMILES string of the molecule is CC[n+]1nn(-c2ccc([N+](=O)[O-])cc2)c2c1C(=O)c1ccccc1C2=O.O=S(=O)([O-])C(F)(F)F. The van der Waals surface area contributed by atoms with E-state index in [2.05, 4.69) is 5.21 Å². The molecule has 0 saturated heterocycles. The zero-order valence-electron chi connectivity index (χ0n) is 17.0. The number of nitro benzene ring substituents is 1. The molecule has 178 valence electrons. The van der Waals surface area contributed by atoms with E-state index in [0.717, 1.165) is 0 Å². The van der Waals surface area contributed by atoms with Crippen LogP contribution in [0, 0.1) is 10.1 Å². The highest BCUT2D eigenvalue weighted by atomic mass is 32.2. The predicted octanol–water partition coefficient (Wildman–Crippen LogP) is 1.91. The molecule has 0 saturated carbocycles. The van der Waals surface area contributed by atoms with E-state index in [1.54, 1.807) is 24.3 Å². The number of ketones is 2. The summed E-state index contributed by atoms with van der Waals surface area (Å²) in [5, 5.41) is 15.2. The Bertz CT molecular complexity index is 1410. The first-order valence-electron chi connectivity index (χ1n) is 9.26. The average molecular weight is 498 g/mol. The van der Waals surface area contributed by atoms with Gasteiger partial charge in [-0.3, -0.25) is 19.7 Å². The van der Waals surface area contributed by atoms with Crippen LogP contribution < -0.4 is 4.68 Å². The number of aromatic nitrogens is 3. The van der Waals surface area contributed by atoms with Crippen LogP contribution >= 0.6 is 0 Å². The molecule has 15 heteroatoms. The summed E-state index contributed by atoms with van der Waals surface area (Å²) in [6, 6.07) is 12.3. The molecule has 0 aliphatic heterocycles. The molecule has 1 aliphatic rings. The smallest absolute Gasteiger partial charge is 0.485 e. The lowest BCUT2D eigenvalue weighted by molar-refractivity contribution is -0.753.